The number of benzene rings is 2. The Labute approximate surface area is 301 Å². The second kappa shape index (κ2) is 14.0. The number of carbonyl (C=O) groups excluding carboxylic acids is 2. The number of fused-ring (bicyclic) bond motifs is 2. The average molecular weight is 714 g/mol. The van der Waals surface area contributed by atoms with Crippen LogP contribution in [-0.2, 0) is 23.1 Å². The summed E-state index contributed by atoms with van der Waals surface area (Å²) >= 11 is 0. The number of rotatable bonds is 11. The third kappa shape index (κ3) is 7.65. The van der Waals surface area contributed by atoms with Gasteiger partial charge in [-0.25, -0.2) is 9.69 Å². The first kappa shape index (κ1) is 38.0. The summed E-state index contributed by atoms with van der Waals surface area (Å²) < 4.78 is 27.0. The van der Waals surface area contributed by atoms with Crippen LogP contribution in [0.5, 0.6) is 0 Å². The summed E-state index contributed by atoms with van der Waals surface area (Å²) in [6.45, 7) is 24.5. The largest absolute Gasteiger partial charge is 0.446 e. The molecule has 0 saturated carbocycles. The normalized spacial score (nSPS) is 28.5. The van der Waals surface area contributed by atoms with Gasteiger partial charge in [-0.2, -0.15) is 0 Å². The maximum absolute atomic E-state index is 14.2. The Morgan fingerprint density at radius 2 is 1.70 bits per heavy atom. The number of allylic oxidation sites excluding steroid dienone is 1. The van der Waals surface area contributed by atoms with Crippen LogP contribution < -0.4 is 0 Å². The van der Waals surface area contributed by atoms with Gasteiger partial charge >= 0.3 is 6.09 Å². The third-order valence-corrected chi connectivity index (χ3v) is 16.3. The summed E-state index contributed by atoms with van der Waals surface area (Å²) in [4.78, 5) is 28.6. The van der Waals surface area contributed by atoms with Crippen LogP contribution in [0.25, 0.3) is 0 Å². The molecule has 0 spiro atoms. The fourth-order valence-electron chi connectivity index (χ4n) is 7.36. The van der Waals surface area contributed by atoms with Crippen LogP contribution in [0.2, 0.25) is 37.8 Å². The topological polar surface area (TPSA) is 74.3 Å². The molecule has 0 unspecified atom stereocenters. The van der Waals surface area contributed by atoms with E-state index in [2.05, 4.69) is 84.1 Å². The molecule has 3 aliphatic heterocycles. The Morgan fingerprint density at radius 3 is 2.30 bits per heavy atom. The van der Waals surface area contributed by atoms with Gasteiger partial charge in [0.25, 0.3) is 0 Å². The van der Waals surface area contributed by atoms with E-state index in [-0.39, 0.29) is 35.8 Å². The first-order valence-corrected chi connectivity index (χ1v) is 24.2. The van der Waals surface area contributed by atoms with Gasteiger partial charge in [0.1, 0.15) is 23.9 Å². The van der Waals surface area contributed by atoms with Crippen molar-refractivity contribution in [1.29, 1.82) is 0 Å². The van der Waals surface area contributed by atoms with Crippen molar-refractivity contribution in [2.24, 2.45) is 11.8 Å². The number of hydrogen-bond acceptors (Lipinski definition) is 6. The van der Waals surface area contributed by atoms with Crippen molar-refractivity contribution in [1.82, 2.24) is 4.90 Å². The molecule has 9 heteroatoms. The molecule has 2 fully saturated rings. The highest BCUT2D eigenvalue weighted by molar-refractivity contribution is 6.74. The van der Waals surface area contributed by atoms with Crippen molar-refractivity contribution >= 4 is 28.6 Å². The predicted octanol–water partition coefficient (Wildman–Crippen LogP) is 9.06. The van der Waals surface area contributed by atoms with Crippen LogP contribution in [0.15, 0.2) is 85.5 Å². The molecule has 7 nitrogen and oxygen atoms in total. The summed E-state index contributed by atoms with van der Waals surface area (Å²) in [5, 5.41) is 0.00145. The minimum absolute atomic E-state index is 0.00145. The summed E-state index contributed by atoms with van der Waals surface area (Å²) in [6, 6.07) is 19.1. The zero-order chi connectivity index (χ0) is 36.6. The van der Waals surface area contributed by atoms with E-state index in [9.17, 15) is 9.59 Å². The van der Waals surface area contributed by atoms with Crippen LogP contribution in [0, 0.1) is 23.7 Å². The summed E-state index contributed by atoms with van der Waals surface area (Å²) in [5.74, 6) is 6.22. The van der Waals surface area contributed by atoms with Crippen LogP contribution in [0.4, 0.5) is 4.79 Å². The maximum atomic E-state index is 14.2. The Bertz CT molecular complexity index is 1650. The van der Waals surface area contributed by atoms with Gasteiger partial charge in [-0.05, 0) is 67.8 Å². The van der Waals surface area contributed by atoms with E-state index in [0.29, 0.717) is 19.4 Å². The number of imide groups is 1. The van der Waals surface area contributed by atoms with E-state index >= 15 is 0 Å². The molecule has 3 heterocycles. The molecule has 2 saturated heterocycles. The first-order valence-electron chi connectivity index (χ1n) is 17.8. The molecule has 6 atom stereocenters. The number of ether oxygens (including phenoxy) is 2. The first-order chi connectivity index (χ1) is 23.4. The molecule has 0 N–H and O–H groups in total. The molecular formula is C41H55NO6Si2. The lowest BCUT2D eigenvalue weighted by atomic mass is 9.64. The fraction of sp³-hybridized carbons (Fsp3) is 0.512. The van der Waals surface area contributed by atoms with Crippen LogP contribution in [0.1, 0.15) is 64.1 Å². The van der Waals surface area contributed by atoms with Gasteiger partial charge in [0, 0.05) is 24.3 Å². The van der Waals surface area contributed by atoms with Gasteiger partial charge in [0.2, 0.25) is 5.91 Å². The van der Waals surface area contributed by atoms with Gasteiger partial charge in [-0.3, -0.25) is 4.79 Å². The minimum atomic E-state index is -2.25. The lowest BCUT2D eigenvalue weighted by molar-refractivity contribution is -0.236. The Hall–Kier alpha value is -3.27. The minimum Gasteiger partial charge on any atom is -0.446 e. The van der Waals surface area contributed by atoms with Crippen molar-refractivity contribution in [2.75, 3.05) is 13.2 Å². The molecule has 0 aromatic heterocycles. The SMILES string of the molecule is C=CC[C@H]1[C@@]2([C@H](C)CC(=O)N3C(=O)OC[C@H]3c3ccccc3)C=C[C@@](CO[Si](C)(C)C(C)(C)C)(C[C@@]1(C#Cc1ccccc1)O[Si](C)(C)C)O2. The van der Waals surface area contributed by atoms with Gasteiger partial charge < -0.3 is 18.3 Å². The summed E-state index contributed by atoms with van der Waals surface area (Å²) in [5.41, 5.74) is -0.982. The summed E-state index contributed by atoms with van der Waals surface area (Å²) in [7, 11) is -4.43. The van der Waals surface area contributed by atoms with Crippen molar-refractivity contribution in [3.05, 3.63) is 96.6 Å². The molecular weight excluding hydrogens is 659 g/mol. The number of nitrogens with zero attached hydrogens (tertiary/aromatic N) is 1. The molecule has 2 amide bonds. The highest BCUT2D eigenvalue weighted by Gasteiger charge is 2.66. The molecule has 3 aliphatic rings. The van der Waals surface area contributed by atoms with E-state index in [1.165, 1.54) is 4.90 Å². The van der Waals surface area contributed by atoms with E-state index in [1.54, 1.807) is 0 Å². The monoisotopic (exact) mass is 713 g/mol. The second-order valence-electron chi connectivity index (χ2n) is 16.7. The van der Waals surface area contributed by atoms with E-state index < -0.39 is 45.6 Å². The van der Waals surface area contributed by atoms with E-state index in [1.807, 2.05) is 73.7 Å². The zero-order valence-corrected chi connectivity index (χ0v) is 33.4. The lowest BCUT2D eigenvalue weighted by Gasteiger charge is -2.57. The van der Waals surface area contributed by atoms with E-state index in [4.69, 9.17) is 18.3 Å². The standard InChI is InChI=1S/C41H55NO6Si2/c1-11-18-35-40(48-49(6,7)8,24-23-32-19-14-12-15-20-32)29-39(30-46-50(9,10)38(3,4)5)25-26-41(35,47-39)31(2)27-36(43)42-34(28-45-37(42)44)33-21-16-13-17-22-33/h11-17,19-22,25-26,31,34-35H,1,18,27-30H2,2-10H3/t31-,34+,35-,39+,40-,41+/m1/s1. The molecule has 50 heavy (non-hydrogen) atoms. The van der Waals surface area contributed by atoms with Gasteiger partial charge in [0.15, 0.2) is 16.6 Å². The highest BCUT2D eigenvalue weighted by atomic mass is 28.4. The molecule has 0 radical (unpaired) electrons. The number of carbonyl (C=O) groups is 2. The van der Waals surface area contributed by atoms with Crippen molar-refractivity contribution in [3.63, 3.8) is 0 Å². The summed E-state index contributed by atoms with van der Waals surface area (Å²) in [6.07, 6.45) is 6.66. The number of amides is 2. The molecule has 5 rings (SSSR count). The molecule has 2 aromatic carbocycles. The third-order valence-electron chi connectivity index (χ3n) is 10.8. The van der Waals surface area contributed by atoms with Crippen LogP contribution in [0.3, 0.4) is 0 Å². The fourth-order valence-corrected chi connectivity index (χ4v) is 9.76. The van der Waals surface area contributed by atoms with Gasteiger partial charge in [0.05, 0.1) is 12.2 Å². The van der Waals surface area contributed by atoms with Crippen molar-refractivity contribution < 1.29 is 27.9 Å². The van der Waals surface area contributed by atoms with Gasteiger partial charge in [-0.1, -0.05) is 106 Å². The van der Waals surface area contributed by atoms with Gasteiger partial charge in [-0.15, -0.1) is 6.58 Å². The highest BCUT2D eigenvalue weighted by Crippen LogP contribution is 2.58. The quantitative estimate of drug-likeness (QED) is 0.132. The molecule has 268 valence electrons. The Kier molecular flexibility index (Phi) is 10.7. The number of hydrogen-bond donors (Lipinski definition) is 0. The van der Waals surface area contributed by atoms with Crippen molar-refractivity contribution in [2.45, 2.75) is 108 Å². The van der Waals surface area contributed by atoms with Crippen LogP contribution >= 0.6 is 0 Å². The number of cyclic esters (lactones) is 1. The van der Waals surface area contributed by atoms with Crippen LogP contribution in [-0.4, -0.2) is 63.6 Å². The molecule has 2 aromatic rings. The Balaban J connectivity index is 1.60. The maximum Gasteiger partial charge on any atom is 0.417 e. The lowest BCUT2D eigenvalue weighted by Crippen LogP contribution is -2.66. The molecule has 2 bridgehead atoms. The molecule has 0 aliphatic carbocycles. The predicted molar refractivity (Wildman–Crippen MR) is 203 cm³/mol. The smallest absolute Gasteiger partial charge is 0.417 e. The average Bonchev–Trinajstić information content (AvgIpc) is 3.60. The van der Waals surface area contributed by atoms with Crippen molar-refractivity contribution in [3.8, 4) is 11.8 Å². The van der Waals surface area contributed by atoms with E-state index in [0.717, 1.165) is 11.1 Å². The second-order valence-corrected chi connectivity index (χ2v) is 26.0. The zero-order valence-electron chi connectivity index (χ0n) is 31.4. The Morgan fingerprint density at radius 1 is 1.06 bits per heavy atom.